The van der Waals surface area contributed by atoms with E-state index in [2.05, 4.69) is 0 Å². The van der Waals surface area contributed by atoms with E-state index in [1.807, 2.05) is 37.1 Å². The van der Waals surface area contributed by atoms with E-state index < -0.39 is 0 Å². The fourth-order valence-electron chi connectivity index (χ4n) is 1.84. The largest absolute Gasteiger partial charge is 0.339 e. The average Bonchev–Trinajstić information content (AvgIpc) is 2.79. The van der Waals surface area contributed by atoms with Gasteiger partial charge in [-0.25, -0.2) is 0 Å². The van der Waals surface area contributed by atoms with Gasteiger partial charge in [0.15, 0.2) is 0 Å². The minimum absolute atomic E-state index is 0.217. The Morgan fingerprint density at radius 3 is 2.38 bits per heavy atom. The van der Waals surface area contributed by atoms with Gasteiger partial charge in [0.2, 0.25) is 0 Å². The lowest BCUT2D eigenvalue weighted by Crippen LogP contribution is -2.35. The van der Waals surface area contributed by atoms with Crippen LogP contribution in [0.25, 0.3) is 0 Å². The van der Waals surface area contributed by atoms with Crippen LogP contribution in [0.1, 0.15) is 48.3 Å². The van der Waals surface area contributed by atoms with E-state index in [1.54, 1.807) is 11.3 Å². The van der Waals surface area contributed by atoms with Gasteiger partial charge in [-0.05, 0) is 32.3 Å². The quantitative estimate of drug-likeness (QED) is 0.731. The van der Waals surface area contributed by atoms with Crippen molar-refractivity contribution in [3.8, 4) is 0 Å². The number of hydrogen-bond acceptors (Lipinski definition) is 2. The monoisotopic (exact) mass is 239 g/mol. The molecule has 0 radical (unpaired) electrons. The molecule has 1 aromatic heterocycles. The van der Waals surface area contributed by atoms with Gasteiger partial charge in [0, 0.05) is 23.3 Å². The third-order valence-electron chi connectivity index (χ3n) is 2.62. The van der Waals surface area contributed by atoms with Gasteiger partial charge in [0.1, 0.15) is 0 Å². The van der Waals surface area contributed by atoms with Crippen molar-refractivity contribution in [3.05, 3.63) is 21.9 Å². The maximum atomic E-state index is 11.9. The number of nitrogens with zero attached hydrogens (tertiary/aromatic N) is 1. The minimum atomic E-state index is 0.217. The van der Waals surface area contributed by atoms with Gasteiger partial charge in [-0.15, -0.1) is 11.3 Å². The van der Waals surface area contributed by atoms with Crippen LogP contribution in [0.2, 0.25) is 0 Å². The van der Waals surface area contributed by atoms with E-state index >= 15 is 0 Å². The summed E-state index contributed by atoms with van der Waals surface area (Å²) >= 11 is 1.65. The fraction of sp³-hybridized carbons (Fsp3) is 0.615. The van der Waals surface area contributed by atoms with Crippen molar-refractivity contribution in [2.45, 2.75) is 40.0 Å². The van der Waals surface area contributed by atoms with Crippen LogP contribution < -0.4 is 0 Å². The number of thiophene rings is 1. The van der Waals surface area contributed by atoms with E-state index in [1.165, 1.54) is 11.3 Å². The van der Waals surface area contributed by atoms with Gasteiger partial charge < -0.3 is 4.90 Å². The molecular formula is C13H21NOS. The number of piperidine rings is 1. The molecule has 1 saturated heterocycles. The topological polar surface area (TPSA) is 20.3 Å². The lowest BCUT2D eigenvalue weighted by atomic mass is 10.1. The average molecular weight is 239 g/mol. The summed E-state index contributed by atoms with van der Waals surface area (Å²) in [7, 11) is 0. The van der Waals surface area contributed by atoms with E-state index in [9.17, 15) is 4.79 Å². The zero-order valence-electron chi connectivity index (χ0n) is 10.5. The summed E-state index contributed by atoms with van der Waals surface area (Å²) in [5.74, 6) is 0.217. The molecule has 1 aliphatic heterocycles. The Kier molecular flexibility index (Phi) is 5.53. The number of amides is 1. The van der Waals surface area contributed by atoms with Crippen molar-refractivity contribution in [2.24, 2.45) is 0 Å². The molecule has 0 unspecified atom stereocenters. The molecule has 0 bridgehead atoms. The van der Waals surface area contributed by atoms with Crippen molar-refractivity contribution < 1.29 is 4.79 Å². The van der Waals surface area contributed by atoms with Crippen molar-refractivity contribution in [2.75, 3.05) is 13.1 Å². The summed E-state index contributed by atoms with van der Waals surface area (Å²) in [5.41, 5.74) is 0.870. The molecule has 0 spiro atoms. The fourth-order valence-corrected chi connectivity index (χ4v) is 2.51. The van der Waals surface area contributed by atoms with Crippen molar-refractivity contribution in [3.63, 3.8) is 0 Å². The molecule has 1 amide bonds. The summed E-state index contributed by atoms with van der Waals surface area (Å²) in [6.07, 6.45) is 3.59. The van der Waals surface area contributed by atoms with E-state index in [0.29, 0.717) is 0 Å². The molecule has 0 aromatic carbocycles. The molecule has 1 aliphatic rings. The normalized spacial score (nSPS) is 15.3. The predicted octanol–water partition coefficient (Wildman–Crippen LogP) is 3.71. The zero-order valence-corrected chi connectivity index (χ0v) is 11.3. The first-order valence-corrected chi connectivity index (χ1v) is 7.00. The number of carbonyl (C=O) groups is 1. The third kappa shape index (κ3) is 3.34. The molecule has 2 heterocycles. The summed E-state index contributed by atoms with van der Waals surface area (Å²) in [6, 6.07) is 1.99. The molecule has 0 saturated carbocycles. The molecule has 1 fully saturated rings. The number of hydrogen-bond donors (Lipinski definition) is 0. The number of aryl methyl sites for hydroxylation is 1. The highest BCUT2D eigenvalue weighted by Gasteiger charge is 2.18. The highest BCUT2D eigenvalue weighted by molar-refractivity contribution is 7.10. The van der Waals surface area contributed by atoms with Crippen molar-refractivity contribution in [1.82, 2.24) is 4.90 Å². The molecule has 1 aromatic rings. The maximum absolute atomic E-state index is 11.9. The van der Waals surface area contributed by atoms with E-state index in [-0.39, 0.29) is 5.91 Å². The second kappa shape index (κ2) is 6.69. The summed E-state index contributed by atoms with van der Waals surface area (Å²) in [4.78, 5) is 15.1. The molecule has 0 N–H and O–H groups in total. The van der Waals surface area contributed by atoms with Gasteiger partial charge in [-0.3, -0.25) is 4.79 Å². The first-order valence-electron chi connectivity index (χ1n) is 6.12. The van der Waals surface area contributed by atoms with Gasteiger partial charge >= 0.3 is 0 Å². The van der Waals surface area contributed by atoms with Crippen LogP contribution in [0.4, 0.5) is 0 Å². The van der Waals surface area contributed by atoms with E-state index in [0.717, 1.165) is 31.5 Å². The molecule has 2 nitrogen and oxygen atoms in total. The minimum Gasteiger partial charge on any atom is -0.339 e. The van der Waals surface area contributed by atoms with Gasteiger partial charge in [-0.2, -0.15) is 0 Å². The Balaban J connectivity index is 0.000000606. The second-order valence-corrected chi connectivity index (χ2v) is 4.91. The Bertz CT molecular complexity index is 326. The summed E-state index contributed by atoms with van der Waals surface area (Å²) in [6.45, 7) is 7.92. The molecule has 0 atom stereocenters. The Labute approximate surface area is 102 Å². The third-order valence-corrected chi connectivity index (χ3v) is 3.48. The van der Waals surface area contributed by atoms with Crippen LogP contribution in [0.15, 0.2) is 11.4 Å². The molecule has 16 heavy (non-hydrogen) atoms. The van der Waals surface area contributed by atoms with Gasteiger partial charge in [0.05, 0.1) is 5.56 Å². The Morgan fingerprint density at radius 2 is 1.88 bits per heavy atom. The molecule has 2 rings (SSSR count). The lowest BCUT2D eigenvalue weighted by molar-refractivity contribution is 0.0725. The molecule has 3 heteroatoms. The van der Waals surface area contributed by atoms with Crippen molar-refractivity contribution >= 4 is 17.2 Å². The van der Waals surface area contributed by atoms with Crippen LogP contribution in [-0.2, 0) is 0 Å². The summed E-state index contributed by atoms with van der Waals surface area (Å²) in [5, 5.41) is 1.96. The maximum Gasteiger partial charge on any atom is 0.254 e. The highest BCUT2D eigenvalue weighted by Crippen LogP contribution is 2.17. The predicted molar refractivity (Wildman–Crippen MR) is 70.2 cm³/mol. The SMILES string of the molecule is CC.Cc1cc(C(=O)N2CCCCC2)cs1. The molecular weight excluding hydrogens is 218 g/mol. The first-order chi connectivity index (χ1) is 7.77. The van der Waals surface area contributed by atoms with E-state index in [4.69, 9.17) is 0 Å². The van der Waals surface area contributed by atoms with Crippen LogP contribution >= 0.6 is 11.3 Å². The van der Waals surface area contributed by atoms with Gasteiger partial charge in [0.25, 0.3) is 5.91 Å². The number of rotatable bonds is 1. The number of carbonyl (C=O) groups excluding carboxylic acids is 1. The Morgan fingerprint density at radius 1 is 1.25 bits per heavy atom. The second-order valence-electron chi connectivity index (χ2n) is 3.80. The standard InChI is InChI=1S/C11H15NOS.C2H6/c1-9-7-10(8-14-9)11(13)12-5-3-2-4-6-12;1-2/h7-8H,2-6H2,1H3;1-2H3. The zero-order chi connectivity index (χ0) is 12.0. The Hall–Kier alpha value is -0.830. The van der Waals surface area contributed by atoms with Crippen LogP contribution in [0.3, 0.4) is 0 Å². The summed E-state index contributed by atoms with van der Waals surface area (Å²) < 4.78 is 0. The smallest absolute Gasteiger partial charge is 0.254 e. The highest BCUT2D eigenvalue weighted by atomic mass is 32.1. The lowest BCUT2D eigenvalue weighted by Gasteiger charge is -2.26. The van der Waals surface area contributed by atoms with Crippen LogP contribution in [0.5, 0.6) is 0 Å². The first kappa shape index (κ1) is 13.2. The number of likely N-dealkylation sites (tertiary alicyclic amines) is 1. The van der Waals surface area contributed by atoms with Gasteiger partial charge in [-0.1, -0.05) is 13.8 Å². The van der Waals surface area contributed by atoms with Crippen molar-refractivity contribution in [1.29, 1.82) is 0 Å². The molecule has 90 valence electrons. The van der Waals surface area contributed by atoms with Crippen LogP contribution in [0, 0.1) is 6.92 Å². The molecule has 0 aliphatic carbocycles. The van der Waals surface area contributed by atoms with Crippen LogP contribution in [-0.4, -0.2) is 23.9 Å².